The Morgan fingerprint density at radius 1 is 0.854 bits per heavy atom. The molecule has 0 spiro atoms. The molecule has 1 fully saturated rings. The van der Waals surface area contributed by atoms with Gasteiger partial charge in [-0.1, -0.05) is 91.0 Å². The molecule has 1 aliphatic rings. The van der Waals surface area contributed by atoms with Gasteiger partial charge in [-0.2, -0.15) is 0 Å². The number of β-lactam (4-membered cyclic amide) rings is 1. The van der Waals surface area contributed by atoms with Gasteiger partial charge in [-0.15, -0.1) is 0 Å². The van der Waals surface area contributed by atoms with Crippen LogP contribution in [0.2, 0.25) is 0 Å². The lowest BCUT2D eigenvalue weighted by atomic mass is 9.76. The minimum atomic E-state index is -0.597. The van der Waals surface area contributed by atoms with Gasteiger partial charge in [-0.25, -0.2) is 9.59 Å². The fraction of sp³-hybridized carbons (Fsp3) is 0.364. The van der Waals surface area contributed by atoms with Gasteiger partial charge in [0.1, 0.15) is 12.2 Å². The standard InChI is InChI=1S/C33H39N3O5/c1-33(2,3)41-31(38)34-21-13-20-27(35-32(39)40-23-25-16-9-5-10-17-25)28-29(26-18-11-6-12-19-26)36(30(28)37)22-24-14-7-4-8-15-24/h4-12,14-19,27-29H,13,20-23H2,1-3H3,(H,34,38)(H,35,39)/t27-,28-,29-/m0/s1. The van der Waals surface area contributed by atoms with Crippen LogP contribution in [0.25, 0.3) is 0 Å². The molecule has 41 heavy (non-hydrogen) atoms. The number of benzene rings is 3. The Balaban J connectivity index is 1.49. The maximum absolute atomic E-state index is 13.7. The van der Waals surface area contributed by atoms with Crippen LogP contribution >= 0.6 is 0 Å². The summed E-state index contributed by atoms with van der Waals surface area (Å²) in [6.07, 6.45) is -0.0811. The summed E-state index contributed by atoms with van der Waals surface area (Å²) < 4.78 is 10.8. The van der Waals surface area contributed by atoms with Gasteiger partial charge in [0.25, 0.3) is 0 Å². The zero-order chi connectivity index (χ0) is 29.2. The van der Waals surface area contributed by atoms with Crippen molar-refractivity contribution in [2.45, 2.75) is 64.4 Å². The van der Waals surface area contributed by atoms with E-state index in [2.05, 4.69) is 10.6 Å². The molecule has 1 aliphatic heterocycles. The predicted octanol–water partition coefficient (Wildman–Crippen LogP) is 5.99. The number of alkyl carbamates (subject to hydrolysis) is 2. The number of nitrogens with one attached hydrogen (secondary N) is 2. The predicted molar refractivity (Wildman–Crippen MR) is 157 cm³/mol. The summed E-state index contributed by atoms with van der Waals surface area (Å²) in [5.41, 5.74) is 2.31. The van der Waals surface area contributed by atoms with E-state index in [0.29, 0.717) is 25.9 Å². The van der Waals surface area contributed by atoms with Gasteiger partial charge >= 0.3 is 12.2 Å². The van der Waals surface area contributed by atoms with Crippen LogP contribution in [0.3, 0.4) is 0 Å². The van der Waals surface area contributed by atoms with E-state index in [1.807, 2.05) is 95.9 Å². The third kappa shape index (κ3) is 8.58. The zero-order valence-corrected chi connectivity index (χ0v) is 23.9. The van der Waals surface area contributed by atoms with E-state index in [1.165, 1.54) is 0 Å². The average molecular weight is 558 g/mol. The highest BCUT2D eigenvalue weighted by Gasteiger charge is 2.51. The van der Waals surface area contributed by atoms with E-state index in [4.69, 9.17) is 9.47 Å². The molecule has 1 heterocycles. The molecule has 0 radical (unpaired) electrons. The van der Waals surface area contributed by atoms with E-state index in [0.717, 1.165) is 16.7 Å². The number of likely N-dealkylation sites (tertiary alicyclic amines) is 1. The summed E-state index contributed by atoms with van der Waals surface area (Å²) in [5.74, 6) is -0.511. The summed E-state index contributed by atoms with van der Waals surface area (Å²) >= 11 is 0. The summed E-state index contributed by atoms with van der Waals surface area (Å²) in [7, 11) is 0. The van der Waals surface area contributed by atoms with Crippen LogP contribution in [-0.2, 0) is 27.4 Å². The van der Waals surface area contributed by atoms with Gasteiger partial charge in [0.2, 0.25) is 5.91 Å². The van der Waals surface area contributed by atoms with Crippen molar-refractivity contribution in [2.75, 3.05) is 6.54 Å². The molecule has 0 aliphatic carbocycles. The molecule has 3 atom stereocenters. The molecular formula is C33H39N3O5. The Bertz CT molecular complexity index is 1280. The third-order valence-corrected chi connectivity index (χ3v) is 6.89. The molecule has 4 rings (SSSR count). The van der Waals surface area contributed by atoms with E-state index >= 15 is 0 Å². The number of nitrogens with zero attached hydrogens (tertiary/aromatic N) is 1. The van der Waals surface area contributed by atoms with Crippen molar-refractivity contribution in [2.24, 2.45) is 5.92 Å². The highest BCUT2D eigenvalue weighted by molar-refractivity contribution is 5.88. The van der Waals surface area contributed by atoms with Crippen molar-refractivity contribution in [1.82, 2.24) is 15.5 Å². The summed E-state index contributed by atoms with van der Waals surface area (Å²) in [5, 5.41) is 5.74. The number of hydrogen-bond acceptors (Lipinski definition) is 5. The summed E-state index contributed by atoms with van der Waals surface area (Å²) in [4.78, 5) is 40.6. The Labute approximate surface area is 242 Å². The molecule has 0 aromatic heterocycles. The quantitative estimate of drug-likeness (QED) is 0.223. The van der Waals surface area contributed by atoms with Gasteiger partial charge in [0, 0.05) is 19.1 Å². The van der Waals surface area contributed by atoms with Crippen LogP contribution in [0.5, 0.6) is 0 Å². The average Bonchev–Trinajstić information content (AvgIpc) is 2.96. The summed E-state index contributed by atoms with van der Waals surface area (Å²) in [6.45, 7) is 6.36. The minimum Gasteiger partial charge on any atom is -0.445 e. The van der Waals surface area contributed by atoms with Crippen LogP contribution < -0.4 is 10.6 Å². The van der Waals surface area contributed by atoms with E-state index in [1.54, 1.807) is 20.8 Å². The van der Waals surface area contributed by atoms with Crippen LogP contribution in [0.15, 0.2) is 91.0 Å². The summed E-state index contributed by atoms with van der Waals surface area (Å²) in [6, 6.07) is 28.5. The van der Waals surface area contributed by atoms with Gasteiger partial charge in [-0.05, 0) is 50.3 Å². The van der Waals surface area contributed by atoms with E-state index in [9.17, 15) is 14.4 Å². The number of carbonyl (C=O) groups excluding carboxylic acids is 3. The Kier molecular flexibility index (Phi) is 10.0. The normalized spacial score (nSPS) is 17.2. The fourth-order valence-electron chi connectivity index (χ4n) is 5.05. The molecule has 8 heteroatoms. The number of ether oxygens (including phenoxy) is 2. The second-order valence-electron chi connectivity index (χ2n) is 11.2. The van der Waals surface area contributed by atoms with E-state index < -0.39 is 29.7 Å². The number of amides is 3. The highest BCUT2D eigenvalue weighted by atomic mass is 16.6. The Morgan fingerprint density at radius 2 is 1.44 bits per heavy atom. The van der Waals surface area contributed by atoms with Crippen LogP contribution in [-0.4, -0.2) is 41.2 Å². The van der Waals surface area contributed by atoms with Gasteiger partial charge < -0.3 is 25.0 Å². The molecule has 3 aromatic carbocycles. The minimum absolute atomic E-state index is 0.0313. The lowest BCUT2D eigenvalue weighted by Gasteiger charge is -2.50. The van der Waals surface area contributed by atoms with Crippen molar-refractivity contribution >= 4 is 18.1 Å². The van der Waals surface area contributed by atoms with Crippen molar-refractivity contribution in [3.63, 3.8) is 0 Å². The lowest BCUT2D eigenvalue weighted by Crippen LogP contribution is -2.62. The molecule has 0 unspecified atom stereocenters. The second kappa shape index (κ2) is 13.8. The zero-order valence-electron chi connectivity index (χ0n) is 23.9. The van der Waals surface area contributed by atoms with Crippen molar-refractivity contribution in [1.29, 1.82) is 0 Å². The first kappa shape index (κ1) is 29.6. The van der Waals surface area contributed by atoms with Crippen LogP contribution in [0.4, 0.5) is 9.59 Å². The number of carbonyl (C=O) groups is 3. The van der Waals surface area contributed by atoms with Crippen LogP contribution in [0, 0.1) is 5.92 Å². The molecule has 216 valence electrons. The highest BCUT2D eigenvalue weighted by Crippen LogP contribution is 2.44. The third-order valence-electron chi connectivity index (χ3n) is 6.89. The molecule has 3 amide bonds. The maximum Gasteiger partial charge on any atom is 0.407 e. The maximum atomic E-state index is 13.7. The molecular weight excluding hydrogens is 518 g/mol. The Morgan fingerprint density at radius 3 is 2.05 bits per heavy atom. The first-order chi connectivity index (χ1) is 19.7. The smallest absolute Gasteiger partial charge is 0.407 e. The lowest BCUT2D eigenvalue weighted by molar-refractivity contribution is -0.160. The molecule has 0 bridgehead atoms. The Hall–Kier alpha value is -4.33. The molecule has 0 saturated carbocycles. The largest absolute Gasteiger partial charge is 0.445 e. The first-order valence-electron chi connectivity index (χ1n) is 14.0. The van der Waals surface area contributed by atoms with Gasteiger partial charge in [-0.3, -0.25) is 4.79 Å². The molecule has 1 saturated heterocycles. The second-order valence-corrected chi connectivity index (χ2v) is 11.2. The first-order valence-corrected chi connectivity index (χ1v) is 14.0. The van der Waals surface area contributed by atoms with Gasteiger partial charge in [0.05, 0.1) is 12.0 Å². The topological polar surface area (TPSA) is 97.0 Å². The van der Waals surface area contributed by atoms with E-state index in [-0.39, 0.29) is 18.6 Å². The molecule has 2 N–H and O–H groups in total. The number of rotatable bonds is 11. The van der Waals surface area contributed by atoms with Crippen molar-refractivity contribution < 1.29 is 23.9 Å². The van der Waals surface area contributed by atoms with Crippen molar-refractivity contribution in [3.05, 3.63) is 108 Å². The fourth-order valence-corrected chi connectivity index (χ4v) is 5.05. The van der Waals surface area contributed by atoms with Gasteiger partial charge in [0.15, 0.2) is 0 Å². The number of hydrogen-bond donors (Lipinski definition) is 2. The molecule has 8 nitrogen and oxygen atoms in total. The molecule has 3 aromatic rings. The SMILES string of the molecule is CC(C)(C)OC(=O)NCCC[C@H](NC(=O)OCc1ccccc1)[C@@H]1C(=O)N(Cc2ccccc2)[C@H]1c1ccccc1. The monoisotopic (exact) mass is 557 g/mol. The van der Waals surface area contributed by atoms with Crippen LogP contribution in [0.1, 0.15) is 56.3 Å². The van der Waals surface area contributed by atoms with Crippen molar-refractivity contribution in [3.8, 4) is 0 Å².